The Bertz CT molecular complexity index is 683. The molecule has 3 rings (SSSR count). The molecule has 3 nitrogen and oxygen atoms in total. The topological polar surface area (TPSA) is 41.8 Å². The predicted octanol–water partition coefficient (Wildman–Crippen LogP) is 3.84. The second-order valence-corrected chi connectivity index (χ2v) is 3.79. The summed E-state index contributed by atoms with van der Waals surface area (Å²) in [6.45, 7) is 0. The molecular weight excluding hydrogens is 245 g/mol. The zero-order valence-electron chi connectivity index (χ0n) is 8.95. The summed E-state index contributed by atoms with van der Waals surface area (Å²) in [6, 6.07) is 8.23. The monoisotopic (exact) mass is 252 g/mol. The van der Waals surface area contributed by atoms with Gasteiger partial charge in [-0.1, -0.05) is 0 Å². The van der Waals surface area contributed by atoms with E-state index in [-0.39, 0.29) is 5.52 Å². The van der Waals surface area contributed by atoms with E-state index in [1.54, 1.807) is 24.3 Å². The average molecular weight is 252 g/mol. The van der Waals surface area contributed by atoms with Gasteiger partial charge in [-0.05, 0) is 30.3 Å². The highest BCUT2D eigenvalue weighted by molar-refractivity contribution is 5.80. The lowest BCUT2D eigenvalue weighted by Gasteiger charge is -1.99. The fourth-order valence-corrected chi connectivity index (χ4v) is 1.74. The summed E-state index contributed by atoms with van der Waals surface area (Å²) in [4.78, 5) is 5.76. The van der Waals surface area contributed by atoms with E-state index in [0.29, 0.717) is 16.8 Å². The minimum atomic E-state index is -4.47. The molecule has 0 atom stereocenters. The molecule has 0 amide bonds. The SMILES string of the molecule is FC(F)(F)c1nc2ccc(-c3ccco3)cc2[nH]1. The van der Waals surface area contributed by atoms with Crippen LogP contribution in [0.25, 0.3) is 22.4 Å². The number of aromatic nitrogens is 2. The number of furan rings is 1. The van der Waals surface area contributed by atoms with Crippen molar-refractivity contribution in [2.75, 3.05) is 0 Å². The van der Waals surface area contributed by atoms with E-state index in [9.17, 15) is 13.2 Å². The van der Waals surface area contributed by atoms with E-state index < -0.39 is 12.0 Å². The van der Waals surface area contributed by atoms with Crippen LogP contribution in [0.2, 0.25) is 0 Å². The van der Waals surface area contributed by atoms with Gasteiger partial charge in [-0.25, -0.2) is 4.98 Å². The van der Waals surface area contributed by atoms with Crippen LogP contribution in [0.5, 0.6) is 0 Å². The van der Waals surface area contributed by atoms with Crippen LogP contribution in [0.15, 0.2) is 41.0 Å². The third kappa shape index (κ3) is 1.75. The number of imidazole rings is 1. The number of fused-ring (bicyclic) bond motifs is 1. The Morgan fingerprint density at radius 2 is 2.00 bits per heavy atom. The van der Waals surface area contributed by atoms with Gasteiger partial charge in [-0.15, -0.1) is 0 Å². The smallest absolute Gasteiger partial charge is 0.449 e. The number of H-pyrrole nitrogens is 1. The molecular formula is C12H7F3N2O. The predicted molar refractivity (Wildman–Crippen MR) is 58.8 cm³/mol. The van der Waals surface area contributed by atoms with Gasteiger partial charge in [0.05, 0.1) is 17.3 Å². The number of nitrogens with one attached hydrogen (secondary N) is 1. The Morgan fingerprint density at radius 3 is 2.67 bits per heavy atom. The summed E-state index contributed by atoms with van der Waals surface area (Å²) < 4.78 is 42.6. The molecule has 0 spiro atoms. The van der Waals surface area contributed by atoms with Crippen molar-refractivity contribution in [1.29, 1.82) is 0 Å². The van der Waals surface area contributed by atoms with E-state index in [2.05, 4.69) is 9.97 Å². The molecule has 0 aliphatic heterocycles. The zero-order valence-corrected chi connectivity index (χ0v) is 8.95. The van der Waals surface area contributed by atoms with Gasteiger partial charge in [0, 0.05) is 5.56 Å². The molecule has 0 saturated carbocycles. The van der Waals surface area contributed by atoms with Crippen molar-refractivity contribution in [3.05, 3.63) is 42.4 Å². The Morgan fingerprint density at radius 1 is 1.17 bits per heavy atom. The van der Waals surface area contributed by atoms with Gasteiger partial charge >= 0.3 is 6.18 Å². The van der Waals surface area contributed by atoms with E-state index >= 15 is 0 Å². The lowest BCUT2D eigenvalue weighted by atomic mass is 10.1. The number of alkyl halides is 3. The Kier molecular flexibility index (Phi) is 2.19. The van der Waals surface area contributed by atoms with Gasteiger partial charge in [-0.3, -0.25) is 0 Å². The van der Waals surface area contributed by atoms with E-state index in [1.807, 2.05) is 0 Å². The van der Waals surface area contributed by atoms with Crippen LogP contribution >= 0.6 is 0 Å². The van der Waals surface area contributed by atoms with Crippen LogP contribution in [-0.2, 0) is 6.18 Å². The first-order chi connectivity index (χ1) is 8.54. The van der Waals surface area contributed by atoms with Gasteiger partial charge in [-0.2, -0.15) is 13.2 Å². The maximum atomic E-state index is 12.5. The molecule has 0 radical (unpaired) electrons. The Hall–Kier alpha value is -2.24. The normalized spacial score (nSPS) is 12.2. The quantitative estimate of drug-likeness (QED) is 0.714. The first-order valence-corrected chi connectivity index (χ1v) is 5.15. The van der Waals surface area contributed by atoms with E-state index in [0.717, 1.165) is 0 Å². The van der Waals surface area contributed by atoms with E-state index in [1.165, 1.54) is 12.3 Å². The van der Waals surface area contributed by atoms with Crippen molar-refractivity contribution < 1.29 is 17.6 Å². The standard InChI is InChI=1S/C12H7F3N2O/c13-12(14,15)11-16-8-4-3-7(6-9(8)17-11)10-2-1-5-18-10/h1-6H,(H,16,17). The second kappa shape index (κ2) is 3.63. The highest BCUT2D eigenvalue weighted by Gasteiger charge is 2.34. The van der Waals surface area contributed by atoms with Crippen LogP contribution in [0.1, 0.15) is 5.82 Å². The molecule has 6 heteroatoms. The molecule has 2 aromatic heterocycles. The lowest BCUT2D eigenvalue weighted by molar-refractivity contribution is -0.144. The summed E-state index contributed by atoms with van der Waals surface area (Å²) in [6.07, 6.45) is -2.96. The third-order valence-corrected chi connectivity index (χ3v) is 2.56. The van der Waals surface area contributed by atoms with Crippen molar-refractivity contribution in [2.24, 2.45) is 0 Å². The molecule has 18 heavy (non-hydrogen) atoms. The Balaban J connectivity index is 2.13. The molecule has 2 heterocycles. The summed E-state index contributed by atoms with van der Waals surface area (Å²) in [7, 11) is 0. The third-order valence-electron chi connectivity index (χ3n) is 2.56. The number of hydrogen-bond donors (Lipinski definition) is 1. The number of aromatic amines is 1. The van der Waals surface area contributed by atoms with Gasteiger partial charge < -0.3 is 9.40 Å². The first-order valence-electron chi connectivity index (χ1n) is 5.15. The summed E-state index contributed by atoms with van der Waals surface area (Å²) >= 11 is 0. The van der Waals surface area contributed by atoms with Gasteiger partial charge in [0.15, 0.2) is 0 Å². The molecule has 0 fully saturated rings. The van der Waals surface area contributed by atoms with Crippen LogP contribution < -0.4 is 0 Å². The van der Waals surface area contributed by atoms with Gasteiger partial charge in [0.2, 0.25) is 5.82 Å². The Labute approximate surface area is 99.3 Å². The average Bonchev–Trinajstić information content (AvgIpc) is 2.96. The molecule has 0 unspecified atom stereocenters. The molecule has 1 aromatic carbocycles. The van der Waals surface area contributed by atoms with Crippen molar-refractivity contribution in [3.8, 4) is 11.3 Å². The van der Waals surface area contributed by atoms with Crippen LogP contribution in [0, 0.1) is 0 Å². The molecule has 0 bridgehead atoms. The number of hydrogen-bond acceptors (Lipinski definition) is 2. The number of nitrogens with zero attached hydrogens (tertiary/aromatic N) is 1. The molecule has 0 aliphatic carbocycles. The lowest BCUT2D eigenvalue weighted by Crippen LogP contribution is -2.06. The molecule has 0 aliphatic rings. The van der Waals surface area contributed by atoms with Crippen LogP contribution in [-0.4, -0.2) is 9.97 Å². The summed E-state index contributed by atoms with van der Waals surface area (Å²) in [5.74, 6) is -0.394. The van der Waals surface area contributed by atoms with Gasteiger partial charge in [0.25, 0.3) is 0 Å². The molecule has 1 N–H and O–H groups in total. The summed E-state index contributed by atoms with van der Waals surface area (Å²) in [5, 5.41) is 0. The van der Waals surface area contributed by atoms with Crippen LogP contribution in [0.4, 0.5) is 13.2 Å². The number of rotatable bonds is 1. The largest absolute Gasteiger partial charge is 0.464 e. The summed E-state index contributed by atoms with van der Waals surface area (Å²) in [5.41, 5.74) is 1.30. The fourth-order valence-electron chi connectivity index (χ4n) is 1.74. The number of halogens is 3. The van der Waals surface area contributed by atoms with Crippen molar-refractivity contribution in [3.63, 3.8) is 0 Å². The molecule has 92 valence electrons. The fraction of sp³-hybridized carbons (Fsp3) is 0.0833. The first kappa shape index (κ1) is 10.9. The van der Waals surface area contributed by atoms with Crippen LogP contribution in [0.3, 0.4) is 0 Å². The molecule has 3 aromatic rings. The highest BCUT2D eigenvalue weighted by Crippen LogP contribution is 2.30. The minimum Gasteiger partial charge on any atom is -0.464 e. The van der Waals surface area contributed by atoms with Crippen molar-refractivity contribution in [1.82, 2.24) is 9.97 Å². The highest BCUT2D eigenvalue weighted by atomic mass is 19.4. The zero-order chi connectivity index (χ0) is 12.8. The molecule has 0 saturated heterocycles. The maximum absolute atomic E-state index is 12.5. The second-order valence-electron chi connectivity index (χ2n) is 3.79. The minimum absolute atomic E-state index is 0.276. The van der Waals surface area contributed by atoms with Gasteiger partial charge in [0.1, 0.15) is 5.76 Å². The number of benzene rings is 1. The van der Waals surface area contributed by atoms with Crippen molar-refractivity contribution in [2.45, 2.75) is 6.18 Å². The maximum Gasteiger partial charge on any atom is 0.449 e. The van der Waals surface area contributed by atoms with E-state index in [4.69, 9.17) is 4.42 Å². The van der Waals surface area contributed by atoms with Crippen molar-refractivity contribution >= 4 is 11.0 Å².